The molecular weight excluding hydrogens is 1630 g/mol. The second-order valence-corrected chi connectivity index (χ2v) is 33.8. The standard InChI is InChI=1S/C78H127N13O32/c1-52(92)79-58-61-64(117-72(7,8)114-61)76(49-111-67(58)120-76)46-105-34-31-102-28-25-99-22-19-96-16-13-89-37-55(83-86-89)40-108-43-75(82-70(95)123-71(4,5)6,44-109-41-56-38-90(87-84-56)14-17-97-20-23-100-26-29-103-32-35-106-47-77-50-112-68(121-77)59(80-53(2)93)62-65(77)118-73(9,10)115-62)45-110-42-57-39-91(88-85-57)15-18-98-21-24-101-27-30-104-33-36-107-48-78-51-113-69(122-78)60(81-54(3)94)63-66(78)119-74(11,12)116-63/h37-39,58-69H,13-36,40-51H2,1-12H3,(H,79,92)(H,80,93)(H,81,94)(H,82,95)/t58-,59-,60-,61-,62-,63-,64-,65-,66-,67+,68+,69+,76+,77+,78+/m1/s1. The Morgan fingerprint density at radius 1 is 0.374 bits per heavy atom. The molecular formula is C78H127N13O32. The molecule has 9 aliphatic heterocycles. The molecule has 15 atom stereocenters. The largest absolute Gasteiger partial charge is 0.444 e. The highest BCUT2D eigenvalue weighted by Gasteiger charge is 2.69. The normalized spacial score (nSPS) is 28.7. The van der Waals surface area contributed by atoms with E-state index in [4.69, 9.17) is 133 Å². The van der Waals surface area contributed by atoms with Gasteiger partial charge in [0.1, 0.15) is 99.8 Å². The van der Waals surface area contributed by atoms with E-state index in [1.165, 1.54) is 20.8 Å². The zero-order valence-corrected chi connectivity index (χ0v) is 72.7. The highest BCUT2D eigenvalue weighted by molar-refractivity contribution is 5.74. The van der Waals surface area contributed by atoms with Gasteiger partial charge < -0.3 is 154 Å². The van der Waals surface area contributed by atoms with E-state index in [0.29, 0.717) is 175 Å². The van der Waals surface area contributed by atoms with Crippen LogP contribution in [0.2, 0.25) is 0 Å². The van der Waals surface area contributed by atoms with Crippen molar-refractivity contribution in [3.05, 3.63) is 35.7 Å². The first-order valence-electron chi connectivity index (χ1n) is 42.1. The minimum atomic E-state index is -1.36. The number of nitrogens with zero attached hydrogens (tertiary/aromatic N) is 9. The monoisotopic (exact) mass is 1760 g/mol. The summed E-state index contributed by atoms with van der Waals surface area (Å²) in [7, 11) is 0. The van der Waals surface area contributed by atoms with Crippen molar-refractivity contribution in [2.75, 3.05) is 198 Å². The van der Waals surface area contributed by atoms with Crippen LogP contribution in [0.1, 0.15) is 100 Å². The van der Waals surface area contributed by atoms with E-state index >= 15 is 0 Å². The van der Waals surface area contributed by atoms with Gasteiger partial charge in [0.2, 0.25) is 17.7 Å². The predicted molar refractivity (Wildman–Crippen MR) is 416 cm³/mol. The van der Waals surface area contributed by atoms with Gasteiger partial charge in [0.15, 0.2) is 36.2 Å². The number of fused-ring (bicyclic) bond motifs is 12. The van der Waals surface area contributed by atoms with Crippen molar-refractivity contribution in [3.63, 3.8) is 0 Å². The first-order valence-corrected chi connectivity index (χ1v) is 42.1. The SMILES string of the molecule is CC(=O)N[C@H]1[C@H]2OC[C@](COCCOCCOCCOCCn3cc(COCC(COCc4cn(CCOCCOCCOCCOC[C@@]56CO[C@@H](O5)[C@H](NC(C)=O)[C@H]5OC(C)(C)O[C@H]56)nn4)(COCc4cn(CCOCCOCCOCCOC[C@@]56CO[C@@H](O5)[C@H](NC(C)=O)[C@H]5OC(C)(C)O[C@H]56)nn4)NC(=O)OC(C)(C)C)nn3)(O2)[C@@H]2OC(C)(C)O[C@H]12. The molecule has 0 aromatic carbocycles. The first kappa shape index (κ1) is 96.1. The summed E-state index contributed by atoms with van der Waals surface area (Å²) in [5, 5.41) is 37.5. The third-order valence-electron chi connectivity index (χ3n) is 20.7. The smallest absolute Gasteiger partial charge is 0.408 e. The number of aromatic nitrogens is 9. The van der Waals surface area contributed by atoms with Crippen LogP contribution in [0.3, 0.4) is 0 Å². The Labute approximate surface area is 714 Å². The molecule has 12 heterocycles. The molecule has 4 amide bonds. The lowest BCUT2D eigenvalue weighted by Gasteiger charge is -2.42. The van der Waals surface area contributed by atoms with Crippen molar-refractivity contribution in [2.24, 2.45) is 0 Å². The fourth-order valence-electron chi connectivity index (χ4n) is 15.6. The molecule has 0 spiro atoms. The van der Waals surface area contributed by atoms with Crippen LogP contribution in [-0.2, 0) is 186 Å². The summed E-state index contributed by atoms with van der Waals surface area (Å²) in [5.41, 5.74) is -3.36. The van der Waals surface area contributed by atoms with Gasteiger partial charge in [0, 0.05) is 20.8 Å². The van der Waals surface area contributed by atoms with E-state index in [1.807, 2.05) is 41.5 Å². The van der Waals surface area contributed by atoms with Crippen molar-refractivity contribution in [1.82, 2.24) is 66.2 Å². The highest BCUT2D eigenvalue weighted by atomic mass is 16.8. The number of ether oxygens (including phenoxy) is 28. The molecule has 9 fully saturated rings. The summed E-state index contributed by atoms with van der Waals surface area (Å²) in [4.78, 5) is 49.7. The molecule has 4 N–H and O–H groups in total. The minimum absolute atomic E-state index is 0.00132. The van der Waals surface area contributed by atoms with E-state index in [0.717, 1.165) is 0 Å². The third kappa shape index (κ3) is 28.0. The summed E-state index contributed by atoms with van der Waals surface area (Å²) in [5.74, 6) is -3.26. The van der Waals surface area contributed by atoms with Gasteiger partial charge in [-0.1, -0.05) is 15.6 Å². The molecule has 3 aromatic heterocycles. The zero-order valence-electron chi connectivity index (χ0n) is 72.7. The maximum Gasteiger partial charge on any atom is 0.408 e. The molecule has 12 rings (SSSR count). The topological polar surface area (TPSA) is 467 Å². The number of hydrogen-bond donors (Lipinski definition) is 4. The number of nitrogens with one attached hydrogen (secondary N) is 4. The summed E-state index contributed by atoms with van der Waals surface area (Å²) in [6.45, 7) is 29.6. The molecule has 6 bridgehead atoms. The van der Waals surface area contributed by atoms with E-state index in [9.17, 15) is 19.2 Å². The Bertz CT molecular complexity index is 3400. The fraction of sp³-hybridized carbons (Fsp3) is 0.872. The van der Waals surface area contributed by atoms with Crippen LogP contribution in [-0.4, -0.2) is 386 Å². The Morgan fingerprint density at radius 2 is 0.634 bits per heavy atom. The highest BCUT2D eigenvalue weighted by Crippen LogP contribution is 2.50. The quantitative estimate of drug-likeness (QED) is 0.0509. The predicted octanol–water partition coefficient (Wildman–Crippen LogP) is -0.676. The number of hydrogen-bond acceptors (Lipinski definition) is 38. The molecule has 3 aromatic rings. The summed E-state index contributed by atoms with van der Waals surface area (Å²) >= 11 is 0. The lowest BCUT2D eigenvalue weighted by atomic mass is 9.88. The minimum Gasteiger partial charge on any atom is -0.444 e. The molecule has 123 heavy (non-hydrogen) atoms. The average molecular weight is 1760 g/mol. The van der Waals surface area contributed by atoms with Crippen molar-refractivity contribution in [3.8, 4) is 0 Å². The van der Waals surface area contributed by atoms with E-state index < -0.39 is 125 Å². The maximum absolute atomic E-state index is 13.8. The van der Waals surface area contributed by atoms with Gasteiger partial charge in [-0.25, -0.2) is 18.8 Å². The molecule has 0 unspecified atom stereocenters. The van der Waals surface area contributed by atoms with Gasteiger partial charge in [-0.2, -0.15) is 0 Å². The van der Waals surface area contributed by atoms with E-state index in [-0.39, 0.29) is 97.0 Å². The Kier molecular flexibility index (Phi) is 35.0. The molecule has 9 aliphatic rings. The van der Waals surface area contributed by atoms with Crippen LogP contribution in [0.15, 0.2) is 18.6 Å². The molecule has 0 aliphatic carbocycles. The van der Waals surface area contributed by atoms with Gasteiger partial charge in [0.25, 0.3) is 0 Å². The van der Waals surface area contributed by atoms with Gasteiger partial charge in [-0.15, -0.1) is 15.3 Å². The van der Waals surface area contributed by atoms with Gasteiger partial charge in [-0.3, -0.25) is 14.4 Å². The van der Waals surface area contributed by atoms with E-state index in [2.05, 4.69) is 52.2 Å². The fourth-order valence-corrected chi connectivity index (χ4v) is 15.6. The van der Waals surface area contributed by atoms with Crippen molar-refractivity contribution >= 4 is 23.8 Å². The average Bonchev–Trinajstić information content (AvgIpc) is 1.58. The van der Waals surface area contributed by atoms with Crippen molar-refractivity contribution in [2.45, 2.75) is 241 Å². The van der Waals surface area contributed by atoms with Crippen molar-refractivity contribution < 1.29 is 152 Å². The second kappa shape index (κ2) is 44.8. The summed E-state index contributed by atoms with van der Waals surface area (Å²) < 4.78 is 174. The van der Waals surface area contributed by atoms with Crippen LogP contribution >= 0.6 is 0 Å². The van der Waals surface area contributed by atoms with Crippen LogP contribution in [0.25, 0.3) is 0 Å². The number of carbonyl (C=O) groups is 4. The van der Waals surface area contributed by atoms with Gasteiger partial charge >= 0.3 is 6.09 Å². The summed E-state index contributed by atoms with van der Waals surface area (Å²) in [6, 6.07) is -1.55. The first-order chi connectivity index (χ1) is 59.0. The van der Waals surface area contributed by atoms with Crippen molar-refractivity contribution in [1.29, 1.82) is 0 Å². The second-order valence-electron chi connectivity index (χ2n) is 33.8. The molecule has 9 saturated heterocycles. The number of rotatable bonds is 58. The van der Waals surface area contributed by atoms with Gasteiger partial charge in [-0.05, 0) is 62.3 Å². The Morgan fingerprint density at radius 3 is 0.894 bits per heavy atom. The third-order valence-corrected chi connectivity index (χ3v) is 20.7. The Balaban J connectivity index is 0.538. The van der Waals surface area contributed by atoms with Gasteiger partial charge in [0.05, 0.1) is 256 Å². The maximum atomic E-state index is 13.8. The molecule has 696 valence electrons. The van der Waals surface area contributed by atoms with Crippen LogP contribution in [0.4, 0.5) is 4.79 Å². The van der Waals surface area contributed by atoms with E-state index in [1.54, 1.807) is 53.4 Å². The number of amides is 4. The molecule has 0 radical (unpaired) electrons. The zero-order chi connectivity index (χ0) is 87.1. The molecule has 0 saturated carbocycles. The number of alkyl carbamates (subject to hydrolysis) is 1. The van der Waals surface area contributed by atoms with Crippen LogP contribution in [0, 0.1) is 0 Å². The van der Waals surface area contributed by atoms with Crippen LogP contribution < -0.4 is 21.3 Å². The molecule has 45 nitrogen and oxygen atoms in total. The molecule has 45 heteroatoms. The Hall–Kier alpha value is -5.98. The number of carbonyl (C=O) groups excluding carboxylic acids is 4. The lowest BCUT2D eigenvalue weighted by Crippen LogP contribution is -2.65. The lowest BCUT2D eigenvalue weighted by molar-refractivity contribution is -0.214. The van der Waals surface area contributed by atoms with Crippen LogP contribution in [0.5, 0.6) is 0 Å². The summed E-state index contributed by atoms with van der Waals surface area (Å²) in [6.07, 6.45) is -0.480.